The third-order valence-corrected chi connectivity index (χ3v) is 1.68. The van der Waals surface area contributed by atoms with Crippen molar-refractivity contribution >= 4 is 11.6 Å². The van der Waals surface area contributed by atoms with Crippen molar-refractivity contribution in [3.63, 3.8) is 0 Å². The summed E-state index contributed by atoms with van der Waals surface area (Å²) in [6, 6.07) is 0. The molecule has 0 aliphatic carbocycles. The van der Waals surface area contributed by atoms with Crippen LogP contribution in [0.15, 0.2) is 0 Å². The van der Waals surface area contributed by atoms with Crippen LogP contribution in [0.2, 0.25) is 0 Å². The Balaban J connectivity index is 4.55. The van der Waals surface area contributed by atoms with Gasteiger partial charge in [-0.05, 0) is 20.3 Å². The number of Topliss-reactive ketones (excluding diaryl/α,β-unsaturated/α-hetero) is 2. The zero-order valence-electron chi connectivity index (χ0n) is 6.47. The van der Waals surface area contributed by atoms with Crippen LogP contribution in [0.1, 0.15) is 27.2 Å². The Kier molecular flexibility index (Phi) is 2.72. The molecule has 0 aromatic heterocycles. The molecular formula is C7H12O3. The van der Waals surface area contributed by atoms with Crippen molar-refractivity contribution in [1.29, 1.82) is 0 Å². The van der Waals surface area contributed by atoms with E-state index in [1.807, 2.05) is 0 Å². The van der Waals surface area contributed by atoms with Crippen molar-refractivity contribution in [2.75, 3.05) is 0 Å². The molecule has 0 aliphatic rings. The van der Waals surface area contributed by atoms with Crippen LogP contribution in [0.3, 0.4) is 0 Å². The first-order valence-corrected chi connectivity index (χ1v) is 3.19. The lowest BCUT2D eigenvalue weighted by Crippen LogP contribution is -2.43. The van der Waals surface area contributed by atoms with Crippen molar-refractivity contribution in [3.8, 4) is 0 Å². The first-order chi connectivity index (χ1) is 4.45. The monoisotopic (exact) mass is 144 g/mol. The van der Waals surface area contributed by atoms with Crippen molar-refractivity contribution in [2.24, 2.45) is 0 Å². The van der Waals surface area contributed by atoms with E-state index in [-0.39, 0.29) is 6.42 Å². The van der Waals surface area contributed by atoms with Crippen molar-refractivity contribution in [3.05, 3.63) is 0 Å². The topological polar surface area (TPSA) is 54.4 Å². The summed E-state index contributed by atoms with van der Waals surface area (Å²) in [5, 5.41) is 9.28. The van der Waals surface area contributed by atoms with Crippen LogP contribution in [0.4, 0.5) is 0 Å². The fraction of sp³-hybridized carbons (Fsp3) is 0.714. The largest absolute Gasteiger partial charge is 0.375 e. The summed E-state index contributed by atoms with van der Waals surface area (Å²) in [5.74, 6) is -0.968. The molecule has 0 rings (SSSR count). The lowest BCUT2D eigenvalue weighted by molar-refractivity contribution is -0.148. The number of hydrogen-bond donors (Lipinski definition) is 1. The number of rotatable bonds is 3. The molecule has 0 bridgehead atoms. The molecule has 0 aromatic rings. The predicted octanol–water partition coefficient (Wildman–Crippen LogP) is 0.305. The predicted molar refractivity (Wildman–Crippen MR) is 36.6 cm³/mol. The van der Waals surface area contributed by atoms with Crippen LogP contribution in [0, 0.1) is 0 Å². The summed E-state index contributed by atoms with van der Waals surface area (Å²) in [5.41, 5.74) is -1.74. The number of ketones is 2. The molecule has 0 atom stereocenters. The minimum atomic E-state index is -1.74. The molecule has 58 valence electrons. The first-order valence-electron chi connectivity index (χ1n) is 3.19. The molecule has 0 aliphatic heterocycles. The van der Waals surface area contributed by atoms with E-state index >= 15 is 0 Å². The summed E-state index contributed by atoms with van der Waals surface area (Å²) in [6.07, 6.45) is 0.150. The second kappa shape index (κ2) is 2.92. The third kappa shape index (κ3) is 1.42. The number of carbonyl (C=O) groups excluding carboxylic acids is 2. The molecule has 3 heteroatoms. The SMILES string of the molecule is CCC(O)(C(C)=O)C(C)=O. The van der Waals surface area contributed by atoms with Gasteiger partial charge in [-0.15, -0.1) is 0 Å². The zero-order chi connectivity index (χ0) is 8.36. The fourth-order valence-corrected chi connectivity index (χ4v) is 0.746. The normalized spacial score (nSPS) is 11.2. The van der Waals surface area contributed by atoms with E-state index < -0.39 is 17.2 Å². The van der Waals surface area contributed by atoms with E-state index in [0.29, 0.717) is 0 Å². The number of carbonyl (C=O) groups is 2. The van der Waals surface area contributed by atoms with Crippen LogP contribution in [0.5, 0.6) is 0 Å². The van der Waals surface area contributed by atoms with Crippen LogP contribution in [-0.4, -0.2) is 22.3 Å². The maximum Gasteiger partial charge on any atom is 0.180 e. The van der Waals surface area contributed by atoms with E-state index in [2.05, 4.69) is 0 Å². The van der Waals surface area contributed by atoms with Gasteiger partial charge in [-0.2, -0.15) is 0 Å². The highest BCUT2D eigenvalue weighted by atomic mass is 16.3. The van der Waals surface area contributed by atoms with E-state index in [1.54, 1.807) is 6.92 Å². The van der Waals surface area contributed by atoms with Crippen molar-refractivity contribution < 1.29 is 14.7 Å². The van der Waals surface area contributed by atoms with E-state index in [0.717, 1.165) is 0 Å². The van der Waals surface area contributed by atoms with Gasteiger partial charge in [-0.25, -0.2) is 0 Å². The Morgan fingerprint density at radius 2 is 1.60 bits per heavy atom. The molecule has 0 spiro atoms. The van der Waals surface area contributed by atoms with Gasteiger partial charge in [-0.1, -0.05) is 6.92 Å². The van der Waals surface area contributed by atoms with E-state index in [4.69, 9.17) is 0 Å². The van der Waals surface area contributed by atoms with Gasteiger partial charge in [0.15, 0.2) is 17.2 Å². The minimum Gasteiger partial charge on any atom is -0.375 e. The molecule has 3 nitrogen and oxygen atoms in total. The molecule has 0 radical (unpaired) electrons. The van der Waals surface area contributed by atoms with Crippen molar-refractivity contribution in [1.82, 2.24) is 0 Å². The quantitative estimate of drug-likeness (QED) is 0.580. The average Bonchev–Trinajstić information content (AvgIpc) is 1.85. The van der Waals surface area contributed by atoms with Gasteiger partial charge in [0.1, 0.15) is 0 Å². The molecular weight excluding hydrogens is 132 g/mol. The molecule has 10 heavy (non-hydrogen) atoms. The Bertz CT molecular complexity index is 146. The molecule has 1 N–H and O–H groups in total. The van der Waals surface area contributed by atoms with Crippen LogP contribution in [-0.2, 0) is 9.59 Å². The Hall–Kier alpha value is -0.700. The molecule has 0 saturated heterocycles. The summed E-state index contributed by atoms with van der Waals surface area (Å²) in [4.78, 5) is 21.3. The average molecular weight is 144 g/mol. The summed E-state index contributed by atoms with van der Waals surface area (Å²) in [6.45, 7) is 4.03. The van der Waals surface area contributed by atoms with E-state index in [1.165, 1.54) is 13.8 Å². The fourth-order valence-electron chi connectivity index (χ4n) is 0.746. The van der Waals surface area contributed by atoms with Gasteiger partial charge in [-0.3, -0.25) is 9.59 Å². The summed E-state index contributed by atoms with van der Waals surface area (Å²) in [7, 11) is 0. The minimum absolute atomic E-state index is 0.150. The van der Waals surface area contributed by atoms with Crippen molar-refractivity contribution in [2.45, 2.75) is 32.8 Å². The van der Waals surface area contributed by atoms with Gasteiger partial charge in [0.25, 0.3) is 0 Å². The summed E-state index contributed by atoms with van der Waals surface area (Å²) >= 11 is 0. The zero-order valence-corrected chi connectivity index (χ0v) is 6.47. The Morgan fingerprint density at radius 1 is 1.30 bits per heavy atom. The lowest BCUT2D eigenvalue weighted by Gasteiger charge is -2.18. The summed E-state index contributed by atoms with van der Waals surface area (Å²) < 4.78 is 0. The van der Waals surface area contributed by atoms with E-state index in [9.17, 15) is 14.7 Å². The molecule has 0 unspecified atom stereocenters. The first kappa shape index (κ1) is 9.30. The maximum absolute atomic E-state index is 10.7. The highest BCUT2D eigenvalue weighted by Gasteiger charge is 2.35. The molecule has 0 aromatic carbocycles. The molecule has 0 saturated carbocycles. The maximum atomic E-state index is 10.7. The Morgan fingerprint density at radius 3 is 1.60 bits per heavy atom. The second-order valence-electron chi connectivity index (χ2n) is 2.33. The number of aliphatic hydroxyl groups is 1. The van der Waals surface area contributed by atoms with Gasteiger partial charge in [0.05, 0.1) is 0 Å². The van der Waals surface area contributed by atoms with Crippen LogP contribution in [0.25, 0.3) is 0 Å². The standard InChI is InChI=1S/C7H12O3/c1-4-7(10,5(2)8)6(3)9/h10H,4H2,1-3H3. The number of hydrogen-bond acceptors (Lipinski definition) is 3. The van der Waals surface area contributed by atoms with Gasteiger partial charge < -0.3 is 5.11 Å². The molecule has 0 fully saturated rings. The second-order valence-corrected chi connectivity index (χ2v) is 2.33. The highest BCUT2D eigenvalue weighted by Crippen LogP contribution is 2.11. The Labute approximate surface area is 60.0 Å². The molecule has 0 heterocycles. The lowest BCUT2D eigenvalue weighted by atomic mass is 9.92. The van der Waals surface area contributed by atoms with Gasteiger partial charge >= 0.3 is 0 Å². The van der Waals surface area contributed by atoms with Gasteiger partial charge in [0.2, 0.25) is 0 Å². The third-order valence-electron chi connectivity index (χ3n) is 1.68. The van der Waals surface area contributed by atoms with Gasteiger partial charge in [0, 0.05) is 0 Å². The van der Waals surface area contributed by atoms with Crippen LogP contribution >= 0.6 is 0 Å². The molecule has 0 amide bonds. The smallest absolute Gasteiger partial charge is 0.180 e. The highest BCUT2D eigenvalue weighted by molar-refractivity contribution is 6.07. The van der Waals surface area contributed by atoms with Crippen LogP contribution < -0.4 is 0 Å².